The van der Waals surface area contributed by atoms with Crippen LogP contribution >= 0.6 is 11.3 Å². The van der Waals surface area contributed by atoms with Crippen molar-refractivity contribution in [2.75, 3.05) is 36.5 Å². The second kappa shape index (κ2) is 6.54. The van der Waals surface area contributed by atoms with E-state index in [1.165, 1.54) is 6.33 Å². The molecule has 0 radical (unpaired) electrons. The molecular formula is C17H16N4O2S. The predicted octanol–water partition coefficient (Wildman–Crippen LogP) is 2.78. The number of carbonyl (C=O) groups excluding carboxylic acids is 1. The highest BCUT2D eigenvalue weighted by molar-refractivity contribution is 7.17. The third-order valence-electron chi connectivity index (χ3n) is 3.95. The maximum absolute atomic E-state index is 12.6. The van der Waals surface area contributed by atoms with Gasteiger partial charge < -0.3 is 15.0 Å². The zero-order valence-electron chi connectivity index (χ0n) is 12.9. The number of amides is 1. The Morgan fingerprint density at radius 3 is 2.96 bits per heavy atom. The van der Waals surface area contributed by atoms with Crippen molar-refractivity contribution < 1.29 is 9.53 Å². The molecule has 1 fully saturated rings. The number of nitrogens with one attached hydrogen (secondary N) is 1. The summed E-state index contributed by atoms with van der Waals surface area (Å²) in [5, 5.41) is 5.94. The van der Waals surface area contributed by atoms with Crippen molar-refractivity contribution in [3.63, 3.8) is 0 Å². The summed E-state index contributed by atoms with van der Waals surface area (Å²) in [5.74, 6) is 1.15. The summed E-state index contributed by atoms with van der Waals surface area (Å²) < 4.78 is 6.34. The molecule has 0 aliphatic carbocycles. The van der Waals surface area contributed by atoms with Crippen LogP contribution in [0.1, 0.15) is 10.4 Å². The van der Waals surface area contributed by atoms with Gasteiger partial charge in [0.15, 0.2) is 0 Å². The van der Waals surface area contributed by atoms with Crippen molar-refractivity contribution in [3.05, 3.63) is 47.6 Å². The molecule has 0 saturated carbocycles. The van der Waals surface area contributed by atoms with E-state index in [1.807, 2.05) is 29.6 Å². The van der Waals surface area contributed by atoms with Crippen molar-refractivity contribution in [2.24, 2.45) is 0 Å². The van der Waals surface area contributed by atoms with Gasteiger partial charge in [0, 0.05) is 23.9 Å². The van der Waals surface area contributed by atoms with Gasteiger partial charge in [0.25, 0.3) is 5.91 Å². The first-order valence-electron chi connectivity index (χ1n) is 7.73. The van der Waals surface area contributed by atoms with Crippen molar-refractivity contribution >= 4 is 39.0 Å². The number of anilines is 2. The lowest BCUT2D eigenvalue weighted by molar-refractivity contribution is 0.102. The molecule has 122 valence electrons. The van der Waals surface area contributed by atoms with E-state index in [9.17, 15) is 4.79 Å². The molecule has 7 heteroatoms. The Morgan fingerprint density at radius 2 is 2.08 bits per heavy atom. The summed E-state index contributed by atoms with van der Waals surface area (Å²) >= 11 is 1.56. The van der Waals surface area contributed by atoms with Gasteiger partial charge in [-0.05, 0) is 22.9 Å². The summed E-state index contributed by atoms with van der Waals surface area (Å²) in [6.45, 7) is 2.95. The lowest BCUT2D eigenvalue weighted by atomic mass is 10.1. The molecule has 1 aliphatic heterocycles. The lowest BCUT2D eigenvalue weighted by Crippen LogP contribution is -2.36. The van der Waals surface area contributed by atoms with Crippen LogP contribution in [0.4, 0.5) is 11.6 Å². The van der Waals surface area contributed by atoms with E-state index in [0.717, 1.165) is 29.0 Å². The molecule has 0 bridgehead atoms. The van der Waals surface area contributed by atoms with E-state index >= 15 is 0 Å². The highest BCUT2D eigenvalue weighted by Crippen LogP contribution is 2.25. The van der Waals surface area contributed by atoms with Crippen LogP contribution in [0.25, 0.3) is 10.1 Å². The summed E-state index contributed by atoms with van der Waals surface area (Å²) in [7, 11) is 0. The van der Waals surface area contributed by atoms with Crippen molar-refractivity contribution in [1.29, 1.82) is 0 Å². The smallest absolute Gasteiger partial charge is 0.258 e. The fourth-order valence-corrected chi connectivity index (χ4v) is 3.65. The van der Waals surface area contributed by atoms with E-state index in [1.54, 1.807) is 17.4 Å². The van der Waals surface area contributed by atoms with Gasteiger partial charge in [-0.25, -0.2) is 9.97 Å². The Morgan fingerprint density at radius 1 is 1.21 bits per heavy atom. The topological polar surface area (TPSA) is 67.4 Å². The van der Waals surface area contributed by atoms with Crippen LogP contribution < -0.4 is 10.2 Å². The number of nitrogens with zero attached hydrogens (tertiary/aromatic N) is 3. The van der Waals surface area contributed by atoms with Gasteiger partial charge in [-0.15, -0.1) is 11.3 Å². The third kappa shape index (κ3) is 2.95. The third-order valence-corrected chi connectivity index (χ3v) is 4.92. The zero-order valence-corrected chi connectivity index (χ0v) is 13.8. The Kier molecular flexibility index (Phi) is 4.10. The number of morpholine rings is 1. The van der Waals surface area contributed by atoms with Gasteiger partial charge in [0.2, 0.25) is 0 Å². The molecule has 6 nitrogen and oxygen atoms in total. The molecule has 1 amide bonds. The van der Waals surface area contributed by atoms with Gasteiger partial charge in [-0.3, -0.25) is 4.79 Å². The SMILES string of the molecule is O=C(Nc1cc(N2CCOCC2)ncn1)c1cccc2ccsc12. The number of fused-ring (bicyclic) bond motifs is 1. The molecular weight excluding hydrogens is 324 g/mol. The number of ether oxygens (including phenoxy) is 1. The summed E-state index contributed by atoms with van der Waals surface area (Å²) in [6.07, 6.45) is 1.48. The molecule has 0 atom stereocenters. The first kappa shape index (κ1) is 15.0. The molecule has 0 unspecified atom stereocenters. The number of rotatable bonds is 3. The number of benzene rings is 1. The Balaban J connectivity index is 1.56. The van der Waals surface area contributed by atoms with Gasteiger partial charge in [0.1, 0.15) is 18.0 Å². The summed E-state index contributed by atoms with van der Waals surface area (Å²) in [6, 6.07) is 9.54. The minimum absolute atomic E-state index is 0.158. The molecule has 2 aromatic heterocycles. The minimum Gasteiger partial charge on any atom is -0.378 e. The number of carbonyl (C=O) groups is 1. The Labute approximate surface area is 143 Å². The van der Waals surface area contributed by atoms with Gasteiger partial charge in [-0.1, -0.05) is 12.1 Å². The molecule has 1 aliphatic rings. The van der Waals surface area contributed by atoms with E-state index in [0.29, 0.717) is 24.6 Å². The van der Waals surface area contributed by atoms with Crippen LogP contribution in [0.5, 0.6) is 0 Å². The molecule has 0 spiro atoms. The number of hydrogen-bond acceptors (Lipinski definition) is 6. The average Bonchev–Trinajstić information content (AvgIpc) is 3.11. The van der Waals surface area contributed by atoms with Crippen molar-refractivity contribution in [3.8, 4) is 0 Å². The van der Waals surface area contributed by atoms with Crippen LogP contribution in [0, 0.1) is 0 Å². The Hall–Kier alpha value is -2.51. The normalized spacial score (nSPS) is 14.8. The van der Waals surface area contributed by atoms with Crippen LogP contribution in [-0.4, -0.2) is 42.2 Å². The lowest BCUT2D eigenvalue weighted by Gasteiger charge is -2.27. The van der Waals surface area contributed by atoms with Crippen molar-refractivity contribution in [2.45, 2.75) is 0 Å². The van der Waals surface area contributed by atoms with Crippen LogP contribution in [-0.2, 0) is 4.74 Å². The van der Waals surface area contributed by atoms with E-state index < -0.39 is 0 Å². The average molecular weight is 340 g/mol. The standard InChI is InChI=1S/C17H16N4O2S/c22-17(13-3-1-2-12-4-9-24-16(12)13)20-14-10-15(19-11-18-14)21-5-7-23-8-6-21/h1-4,9-11H,5-8H2,(H,18,19,20,22). The minimum atomic E-state index is -0.158. The molecule has 4 rings (SSSR count). The van der Waals surface area contributed by atoms with Crippen molar-refractivity contribution in [1.82, 2.24) is 9.97 Å². The Bertz CT molecular complexity index is 874. The fourth-order valence-electron chi connectivity index (χ4n) is 2.74. The maximum Gasteiger partial charge on any atom is 0.258 e. The second-order valence-corrected chi connectivity index (χ2v) is 6.38. The fraction of sp³-hybridized carbons (Fsp3) is 0.235. The maximum atomic E-state index is 12.6. The van der Waals surface area contributed by atoms with Crippen LogP contribution in [0.2, 0.25) is 0 Å². The summed E-state index contributed by atoms with van der Waals surface area (Å²) in [5.41, 5.74) is 0.661. The number of thiophene rings is 1. The molecule has 3 heterocycles. The zero-order chi connectivity index (χ0) is 16.4. The van der Waals surface area contributed by atoms with E-state index in [-0.39, 0.29) is 5.91 Å². The quantitative estimate of drug-likeness (QED) is 0.794. The van der Waals surface area contributed by atoms with Crippen LogP contribution in [0.3, 0.4) is 0 Å². The molecule has 3 aromatic rings. The number of hydrogen-bond donors (Lipinski definition) is 1. The molecule has 1 aromatic carbocycles. The molecule has 24 heavy (non-hydrogen) atoms. The van der Waals surface area contributed by atoms with Gasteiger partial charge >= 0.3 is 0 Å². The van der Waals surface area contributed by atoms with Crippen LogP contribution in [0.15, 0.2) is 42.0 Å². The first-order valence-corrected chi connectivity index (χ1v) is 8.61. The molecule has 1 saturated heterocycles. The largest absolute Gasteiger partial charge is 0.378 e. The highest BCUT2D eigenvalue weighted by atomic mass is 32.1. The second-order valence-electron chi connectivity index (χ2n) is 5.46. The number of aromatic nitrogens is 2. The van der Waals surface area contributed by atoms with Gasteiger partial charge in [-0.2, -0.15) is 0 Å². The monoisotopic (exact) mass is 340 g/mol. The van der Waals surface area contributed by atoms with E-state index in [4.69, 9.17) is 4.74 Å². The highest BCUT2D eigenvalue weighted by Gasteiger charge is 2.15. The summed E-state index contributed by atoms with van der Waals surface area (Å²) in [4.78, 5) is 23.2. The predicted molar refractivity (Wildman–Crippen MR) is 94.8 cm³/mol. The first-order chi connectivity index (χ1) is 11.8. The van der Waals surface area contributed by atoms with E-state index in [2.05, 4.69) is 20.2 Å². The van der Waals surface area contributed by atoms with Gasteiger partial charge in [0.05, 0.1) is 18.8 Å². The molecule has 1 N–H and O–H groups in total.